The Bertz CT molecular complexity index is 1030. The lowest BCUT2D eigenvalue weighted by Crippen LogP contribution is -2.49. The molecule has 0 amide bonds. The molecule has 34 heavy (non-hydrogen) atoms. The second-order valence-electron chi connectivity index (χ2n) is 9.36. The number of benzene rings is 2. The SMILES string of the molecule is CCC1(CC)c2cc(CP(=O)(O)O)c(CP(=O)(O)O)cc2C(CC)(CC)N1Cc1ccccc1. The van der Waals surface area contributed by atoms with E-state index in [0.717, 1.165) is 36.8 Å². The van der Waals surface area contributed by atoms with Crippen molar-refractivity contribution >= 4 is 15.2 Å². The van der Waals surface area contributed by atoms with E-state index in [0.29, 0.717) is 17.7 Å². The Kier molecular flexibility index (Phi) is 8.01. The predicted octanol–water partition coefficient (Wildman–Crippen LogP) is 5.59. The van der Waals surface area contributed by atoms with Crippen molar-refractivity contribution in [3.8, 4) is 0 Å². The molecular formula is C25H37NO6P2. The molecule has 2 aromatic carbocycles. The van der Waals surface area contributed by atoms with Gasteiger partial charge in [0.05, 0.1) is 12.3 Å². The largest absolute Gasteiger partial charge is 0.329 e. The third kappa shape index (κ3) is 5.12. The summed E-state index contributed by atoms with van der Waals surface area (Å²) < 4.78 is 23.9. The van der Waals surface area contributed by atoms with Crippen LogP contribution in [0.3, 0.4) is 0 Å². The van der Waals surface area contributed by atoms with Crippen molar-refractivity contribution in [1.82, 2.24) is 4.90 Å². The zero-order chi connectivity index (χ0) is 25.4. The molecule has 2 aromatic rings. The van der Waals surface area contributed by atoms with Gasteiger partial charge in [0.1, 0.15) is 0 Å². The molecular weight excluding hydrogens is 472 g/mol. The molecule has 0 saturated carbocycles. The molecule has 1 aliphatic rings. The standard InChI is InChI=1S/C25H37NO6P2/c1-5-24(6-2)22-14-20(17-33(27,28)29)21(18-34(30,31)32)15-23(22)25(7-3,8-4)26(24)16-19-12-10-9-11-13-19/h9-15H,5-8,16-18H2,1-4H3,(H2,27,28,29)(H2,30,31,32). The second-order valence-corrected chi connectivity index (χ2v) is 12.7. The molecule has 0 saturated heterocycles. The molecule has 0 bridgehead atoms. The third-order valence-corrected chi connectivity index (χ3v) is 9.16. The fourth-order valence-corrected chi connectivity index (χ4v) is 7.47. The number of nitrogens with zero attached hydrogens (tertiary/aromatic N) is 1. The monoisotopic (exact) mass is 509 g/mol. The van der Waals surface area contributed by atoms with Crippen molar-refractivity contribution in [2.45, 2.75) is 83.3 Å². The minimum Gasteiger partial charge on any atom is -0.324 e. The third-order valence-electron chi connectivity index (χ3n) is 7.65. The van der Waals surface area contributed by atoms with Crippen LogP contribution in [0, 0.1) is 0 Å². The lowest BCUT2D eigenvalue weighted by molar-refractivity contribution is -0.0233. The van der Waals surface area contributed by atoms with Gasteiger partial charge in [0.25, 0.3) is 0 Å². The van der Waals surface area contributed by atoms with Crippen LogP contribution in [0.4, 0.5) is 0 Å². The summed E-state index contributed by atoms with van der Waals surface area (Å²) in [6.45, 7) is 9.26. The molecule has 0 fully saturated rings. The average molecular weight is 510 g/mol. The first-order valence-corrected chi connectivity index (χ1v) is 15.5. The molecule has 0 spiro atoms. The van der Waals surface area contributed by atoms with Gasteiger partial charge in [0.15, 0.2) is 0 Å². The van der Waals surface area contributed by atoms with Crippen LogP contribution in [-0.4, -0.2) is 24.5 Å². The highest BCUT2D eigenvalue weighted by atomic mass is 31.2. The Morgan fingerprint density at radius 1 is 0.706 bits per heavy atom. The zero-order valence-corrected chi connectivity index (χ0v) is 22.2. The minimum absolute atomic E-state index is 0.323. The van der Waals surface area contributed by atoms with E-state index in [1.54, 1.807) is 0 Å². The van der Waals surface area contributed by atoms with Crippen LogP contribution in [0.1, 0.15) is 81.2 Å². The molecule has 0 atom stereocenters. The Morgan fingerprint density at radius 2 is 1.09 bits per heavy atom. The van der Waals surface area contributed by atoms with E-state index in [4.69, 9.17) is 0 Å². The van der Waals surface area contributed by atoms with E-state index in [1.165, 1.54) is 5.56 Å². The van der Waals surface area contributed by atoms with Crippen LogP contribution >= 0.6 is 15.2 Å². The number of hydrogen-bond donors (Lipinski definition) is 4. The molecule has 7 nitrogen and oxygen atoms in total. The summed E-state index contributed by atoms with van der Waals surface area (Å²) in [5, 5.41) is 0. The highest BCUT2D eigenvalue weighted by Gasteiger charge is 2.55. The normalized spacial score (nSPS) is 17.6. The van der Waals surface area contributed by atoms with Gasteiger partial charge in [-0.1, -0.05) is 70.2 Å². The van der Waals surface area contributed by atoms with Crippen molar-refractivity contribution < 1.29 is 28.7 Å². The topological polar surface area (TPSA) is 118 Å². The van der Waals surface area contributed by atoms with E-state index in [1.807, 2.05) is 30.3 Å². The van der Waals surface area contributed by atoms with Crippen LogP contribution in [-0.2, 0) is 39.1 Å². The van der Waals surface area contributed by atoms with Gasteiger partial charge in [-0.25, -0.2) is 0 Å². The number of hydrogen-bond acceptors (Lipinski definition) is 3. The Balaban J connectivity index is 2.32. The highest BCUT2D eigenvalue weighted by molar-refractivity contribution is 7.51. The molecule has 0 unspecified atom stereocenters. The van der Waals surface area contributed by atoms with Crippen molar-refractivity contribution in [2.24, 2.45) is 0 Å². The molecule has 1 heterocycles. The van der Waals surface area contributed by atoms with E-state index >= 15 is 0 Å². The van der Waals surface area contributed by atoms with Gasteiger partial charge in [-0.2, -0.15) is 0 Å². The average Bonchev–Trinajstić information content (AvgIpc) is 2.98. The van der Waals surface area contributed by atoms with E-state index in [9.17, 15) is 28.7 Å². The van der Waals surface area contributed by atoms with Gasteiger partial charge in [-0.15, -0.1) is 0 Å². The molecule has 1 aliphatic heterocycles. The molecule has 188 valence electrons. The molecule has 0 aromatic heterocycles. The summed E-state index contributed by atoms with van der Waals surface area (Å²) in [6.07, 6.45) is 2.14. The van der Waals surface area contributed by atoms with E-state index < -0.39 is 27.5 Å². The summed E-state index contributed by atoms with van der Waals surface area (Å²) in [5.41, 5.74) is 3.15. The van der Waals surface area contributed by atoms with Crippen LogP contribution in [0.15, 0.2) is 42.5 Å². The van der Waals surface area contributed by atoms with Crippen LogP contribution in [0.5, 0.6) is 0 Å². The minimum atomic E-state index is -4.45. The van der Waals surface area contributed by atoms with Crippen molar-refractivity contribution in [1.29, 1.82) is 0 Å². The Morgan fingerprint density at radius 3 is 1.41 bits per heavy atom. The van der Waals surface area contributed by atoms with E-state index in [-0.39, 0.29) is 11.1 Å². The van der Waals surface area contributed by atoms with Crippen molar-refractivity contribution in [3.05, 3.63) is 70.3 Å². The second kappa shape index (κ2) is 9.99. The predicted molar refractivity (Wildman–Crippen MR) is 134 cm³/mol. The molecule has 3 rings (SSSR count). The van der Waals surface area contributed by atoms with Crippen LogP contribution < -0.4 is 0 Å². The summed E-state index contributed by atoms with van der Waals surface area (Å²) in [5.74, 6) is 0. The molecule has 0 aliphatic carbocycles. The van der Waals surface area contributed by atoms with Gasteiger partial charge < -0.3 is 19.6 Å². The lowest BCUT2D eigenvalue weighted by atomic mass is 9.81. The fourth-order valence-electron chi connectivity index (χ4n) is 5.99. The summed E-state index contributed by atoms with van der Waals surface area (Å²) in [4.78, 5) is 41.5. The summed E-state index contributed by atoms with van der Waals surface area (Å²) in [7, 11) is -8.89. The van der Waals surface area contributed by atoms with Gasteiger partial charge in [-0.05, 0) is 53.5 Å². The fraction of sp³-hybridized carbons (Fsp3) is 0.520. The maximum atomic E-state index is 12.0. The highest BCUT2D eigenvalue weighted by Crippen LogP contribution is 2.58. The van der Waals surface area contributed by atoms with Gasteiger partial charge in [0.2, 0.25) is 0 Å². The van der Waals surface area contributed by atoms with Gasteiger partial charge in [-0.3, -0.25) is 14.0 Å². The molecule has 4 N–H and O–H groups in total. The maximum Gasteiger partial charge on any atom is 0.329 e. The first kappa shape index (κ1) is 27.3. The van der Waals surface area contributed by atoms with Crippen LogP contribution in [0.25, 0.3) is 0 Å². The summed E-state index contributed by atoms with van der Waals surface area (Å²) >= 11 is 0. The van der Waals surface area contributed by atoms with Gasteiger partial charge >= 0.3 is 15.2 Å². The Labute approximate surface area is 202 Å². The number of rotatable bonds is 10. The number of fused-ring (bicyclic) bond motifs is 1. The smallest absolute Gasteiger partial charge is 0.324 e. The quantitative estimate of drug-likeness (QED) is 0.309. The van der Waals surface area contributed by atoms with Crippen molar-refractivity contribution in [2.75, 3.05) is 0 Å². The van der Waals surface area contributed by atoms with E-state index in [2.05, 4.69) is 44.7 Å². The zero-order valence-electron chi connectivity index (χ0n) is 20.4. The molecule has 9 heteroatoms. The van der Waals surface area contributed by atoms with Gasteiger partial charge in [0, 0.05) is 17.6 Å². The van der Waals surface area contributed by atoms with Crippen LogP contribution in [0.2, 0.25) is 0 Å². The molecule has 0 radical (unpaired) electrons. The first-order chi connectivity index (χ1) is 15.9. The first-order valence-electron chi connectivity index (χ1n) is 11.9. The Hall–Kier alpha value is -1.30. The lowest BCUT2D eigenvalue weighted by Gasteiger charge is -2.47. The summed E-state index contributed by atoms with van der Waals surface area (Å²) in [6, 6.07) is 13.9. The van der Waals surface area contributed by atoms with Crippen molar-refractivity contribution in [3.63, 3.8) is 0 Å². The maximum absolute atomic E-state index is 12.0.